The van der Waals surface area contributed by atoms with Crippen molar-refractivity contribution in [2.75, 3.05) is 17.3 Å². The van der Waals surface area contributed by atoms with Gasteiger partial charge < -0.3 is 10.2 Å². The van der Waals surface area contributed by atoms with E-state index in [0.29, 0.717) is 6.42 Å². The van der Waals surface area contributed by atoms with E-state index in [1.54, 1.807) is 0 Å². The number of rotatable bonds is 12. The van der Waals surface area contributed by atoms with Crippen LogP contribution < -0.4 is 10.2 Å². The maximum atomic E-state index is 5.26. The number of hydrogen-bond acceptors (Lipinski definition) is 4. The predicted molar refractivity (Wildman–Crippen MR) is 203 cm³/mol. The molecule has 1 aliphatic rings. The Bertz CT molecular complexity index is 1810. The van der Waals surface area contributed by atoms with Gasteiger partial charge in [-0.25, -0.2) is 0 Å². The van der Waals surface area contributed by atoms with Crippen molar-refractivity contribution in [1.29, 1.82) is 0 Å². The number of aromatic nitrogens is 1. The van der Waals surface area contributed by atoms with Crippen LogP contribution in [-0.4, -0.2) is 23.8 Å². The highest BCUT2D eigenvalue weighted by molar-refractivity contribution is 6.10. The van der Waals surface area contributed by atoms with E-state index >= 15 is 0 Å². The second-order valence-electron chi connectivity index (χ2n) is 13.4. The normalized spacial score (nSPS) is 15.9. The van der Waals surface area contributed by atoms with Gasteiger partial charge in [-0.2, -0.15) is 0 Å². The van der Waals surface area contributed by atoms with Crippen molar-refractivity contribution in [2.24, 2.45) is 4.99 Å². The van der Waals surface area contributed by atoms with Crippen molar-refractivity contribution < 1.29 is 0 Å². The average Bonchev–Trinajstić information content (AvgIpc) is 3.07. The number of hydrogen-bond donors (Lipinski definition) is 1. The number of benzene rings is 3. The van der Waals surface area contributed by atoms with Gasteiger partial charge in [0.1, 0.15) is 0 Å². The van der Waals surface area contributed by atoms with E-state index < -0.39 is 0 Å². The minimum absolute atomic E-state index is 0.0253. The topological polar surface area (TPSA) is 40.5 Å². The van der Waals surface area contributed by atoms with Crippen LogP contribution in [0.25, 0.3) is 11.1 Å². The lowest BCUT2D eigenvalue weighted by molar-refractivity contribution is 0.490. The molecule has 1 aliphatic heterocycles. The summed E-state index contributed by atoms with van der Waals surface area (Å²) in [6.45, 7) is 21.8. The van der Waals surface area contributed by atoms with Crippen LogP contribution in [0.4, 0.5) is 17.1 Å². The van der Waals surface area contributed by atoms with E-state index in [1.807, 2.05) is 31.5 Å². The molecule has 0 spiro atoms. The molecule has 2 heterocycles. The summed E-state index contributed by atoms with van der Waals surface area (Å²) in [5, 5.41) is 3.77. The van der Waals surface area contributed by atoms with Crippen LogP contribution in [0.3, 0.4) is 0 Å². The van der Waals surface area contributed by atoms with Crippen LogP contribution in [0.5, 0.6) is 0 Å². The molecule has 4 nitrogen and oxygen atoms in total. The van der Waals surface area contributed by atoms with Crippen LogP contribution in [0.15, 0.2) is 145 Å². The SMILES string of the molecule is C=CC1=NC(CC(=C)N(C)c2cnccc2Nc2ccc(-c3ccccc3)cc2C(C)(C)C)C(CCC(=C)/C=C\C)c2ccccc21. The van der Waals surface area contributed by atoms with Crippen LogP contribution in [0.1, 0.15) is 69.6 Å². The number of nitrogens with one attached hydrogen (secondary N) is 1. The molecule has 1 aromatic heterocycles. The second kappa shape index (κ2) is 14.6. The molecular formula is C43H48N4. The lowest BCUT2D eigenvalue weighted by Crippen LogP contribution is -2.29. The molecule has 0 amide bonds. The van der Waals surface area contributed by atoms with E-state index in [1.165, 1.54) is 27.8 Å². The maximum absolute atomic E-state index is 5.26. The Morgan fingerprint density at radius 1 is 0.936 bits per heavy atom. The standard InChI is InChI=1S/C43H48N4/c1-9-16-30(3)21-23-36-34-19-14-15-20-35(34)38(10-2)45-41(36)27-31(4)47(8)42-29-44-26-25-40(42)46-39-24-22-33(28-37(39)43(5,6)7)32-17-12-11-13-18-32/h9-20,22,24-26,28-29,36,41H,2-4,21,23,27H2,1,5-8H3,(H,44,46)/b16-9-. The molecule has 3 aromatic carbocycles. The third-order valence-corrected chi connectivity index (χ3v) is 9.06. The summed E-state index contributed by atoms with van der Waals surface area (Å²) in [6.07, 6.45) is 12.4. The lowest BCUT2D eigenvalue weighted by Gasteiger charge is -2.34. The predicted octanol–water partition coefficient (Wildman–Crippen LogP) is 11.2. The highest BCUT2D eigenvalue weighted by atomic mass is 15.1. The van der Waals surface area contributed by atoms with Crippen LogP contribution in [-0.2, 0) is 5.41 Å². The largest absolute Gasteiger partial charge is 0.353 e. The van der Waals surface area contributed by atoms with Gasteiger partial charge in [0, 0.05) is 42.5 Å². The minimum Gasteiger partial charge on any atom is -0.353 e. The van der Waals surface area contributed by atoms with Crippen molar-refractivity contribution in [3.05, 3.63) is 157 Å². The molecule has 2 atom stereocenters. The molecule has 0 fully saturated rings. The zero-order valence-electron chi connectivity index (χ0n) is 28.6. The summed E-state index contributed by atoms with van der Waals surface area (Å²) in [7, 11) is 2.07. The van der Waals surface area contributed by atoms with Crippen LogP contribution >= 0.6 is 0 Å². The molecule has 47 heavy (non-hydrogen) atoms. The summed E-state index contributed by atoms with van der Waals surface area (Å²) in [6, 6.07) is 27.9. The summed E-state index contributed by atoms with van der Waals surface area (Å²) in [4.78, 5) is 11.9. The minimum atomic E-state index is -0.0683. The molecule has 5 rings (SSSR count). The van der Waals surface area contributed by atoms with Gasteiger partial charge in [-0.15, -0.1) is 0 Å². The summed E-state index contributed by atoms with van der Waals surface area (Å²) in [5.74, 6) is 0.242. The number of nitrogens with zero attached hydrogens (tertiary/aromatic N) is 3. The van der Waals surface area contributed by atoms with Gasteiger partial charge in [0.25, 0.3) is 0 Å². The molecule has 0 saturated carbocycles. The number of pyridine rings is 1. The number of anilines is 3. The fraction of sp³-hybridized carbons (Fsp3) is 0.256. The molecule has 4 aromatic rings. The Labute approximate surface area is 282 Å². The monoisotopic (exact) mass is 620 g/mol. The fourth-order valence-electron chi connectivity index (χ4n) is 6.49. The quantitative estimate of drug-likeness (QED) is 0.160. The summed E-state index contributed by atoms with van der Waals surface area (Å²) < 4.78 is 0. The molecule has 2 unspecified atom stereocenters. The van der Waals surface area contributed by atoms with Gasteiger partial charge in [-0.1, -0.05) is 119 Å². The molecule has 0 bridgehead atoms. The van der Waals surface area contributed by atoms with Gasteiger partial charge >= 0.3 is 0 Å². The molecular weight excluding hydrogens is 573 g/mol. The number of fused-ring (bicyclic) bond motifs is 1. The summed E-state index contributed by atoms with van der Waals surface area (Å²) >= 11 is 0. The Balaban J connectivity index is 1.42. The van der Waals surface area contributed by atoms with E-state index in [0.717, 1.165) is 46.9 Å². The van der Waals surface area contributed by atoms with Gasteiger partial charge in [0.05, 0.1) is 29.3 Å². The Hall–Kier alpha value is -4.96. The Morgan fingerprint density at radius 2 is 1.68 bits per heavy atom. The van der Waals surface area contributed by atoms with E-state index in [-0.39, 0.29) is 17.4 Å². The van der Waals surface area contributed by atoms with Gasteiger partial charge in [-0.3, -0.25) is 9.98 Å². The van der Waals surface area contributed by atoms with E-state index in [9.17, 15) is 0 Å². The fourth-order valence-corrected chi connectivity index (χ4v) is 6.49. The maximum Gasteiger partial charge on any atom is 0.0831 e. The highest BCUT2D eigenvalue weighted by Gasteiger charge is 2.31. The van der Waals surface area contributed by atoms with Crippen molar-refractivity contribution >= 4 is 22.8 Å². The molecule has 0 radical (unpaired) electrons. The Kier molecular flexibility index (Phi) is 10.4. The smallest absolute Gasteiger partial charge is 0.0831 e. The molecule has 240 valence electrons. The van der Waals surface area contributed by atoms with Crippen molar-refractivity contribution in [2.45, 2.75) is 64.3 Å². The molecule has 0 saturated heterocycles. The Morgan fingerprint density at radius 3 is 2.40 bits per heavy atom. The first kappa shape index (κ1) is 33.4. The van der Waals surface area contributed by atoms with Gasteiger partial charge in [-0.05, 0) is 71.7 Å². The van der Waals surface area contributed by atoms with Crippen molar-refractivity contribution in [3.63, 3.8) is 0 Å². The second-order valence-corrected chi connectivity index (χ2v) is 13.4. The molecule has 1 N–H and O–H groups in total. The third-order valence-electron chi connectivity index (χ3n) is 9.06. The first-order valence-electron chi connectivity index (χ1n) is 16.5. The van der Waals surface area contributed by atoms with Crippen LogP contribution in [0, 0.1) is 0 Å². The van der Waals surface area contributed by atoms with Gasteiger partial charge in [0.15, 0.2) is 0 Å². The lowest BCUT2D eigenvalue weighted by atomic mass is 9.79. The number of aliphatic imine (C=N–C) groups is 1. The first-order valence-corrected chi connectivity index (χ1v) is 16.5. The highest BCUT2D eigenvalue weighted by Crippen LogP contribution is 2.40. The van der Waals surface area contributed by atoms with E-state index in [2.05, 4.69) is 148 Å². The average molecular weight is 621 g/mol. The zero-order valence-corrected chi connectivity index (χ0v) is 28.6. The van der Waals surface area contributed by atoms with Crippen molar-refractivity contribution in [1.82, 2.24) is 4.98 Å². The summed E-state index contributed by atoms with van der Waals surface area (Å²) in [5.41, 5.74) is 12.2. The zero-order chi connectivity index (χ0) is 33.6. The first-order chi connectivity index (χ1) is 22.6. The third kappa shape index (κ3) is 7.72. The molecule has 0 aliphatic carbocycles. The molecule has 4 heteroatoms. The van der Waals surface area contributed by atoms with Gasteiger partial charge in [0.2, 0.25) is 0 Å². The van der Waals surface area contributed by atoms with Crippen molar-refractivity contribution in [3.8, 4) is 11.1 Å². The number of allylic oxidation sites excluding steroid dienone is 4. The van der Waals surface area contributed by atoms with Crippen LogP contribution in [0.2, 0.25) is 0 Å². The van der Waals surface area contributed by atoms with E-state index in [4.69, 9.17) is 4.99 Å².